The van der Waals surface area contributed by atoms with Crippen LogP contribution < -0.4 is 20.5 Å². The summed E-state index contributed by atoms with van der Waals surface area (Å²) in [6, 6.07) is 34.1. The van der Waals surface area contributed by atoms with E-state index >= 15 is 0 Å². The minimum Gasteiger partial charge on any atom is -0.497 e. The van der Waals surface area contributed by atoms with Gasteiger partial charge in [-0.3, -0.25) is 4.79 Å². The highest BCUT2D eigenvalue weighted by Crippen LogP contribution is 2.24. The third kappa shape index (κ3) is 4.34. The molecule has 0 aliphatic rings. The van der Waals surface area contributed by atoms with Gasteiger partial charge in [-0.05, 0) is 48.5 Å². The summed E-state index contributed by atoms with van der Waals surface area (Å²) in [7, 11) is 1.62. The number of hydrogen-bond acceptors (Lipinski definition) is 5. The largest absolute Gasteiger partial charge is 0.497 e. The molecule has 5 rings (SSSR count). The van der Waals surface area contributed by atoms with Crippen molar-refractivity contribution in [2.75, 3.05) is 12.4 Å². The molecule has 0 amide bonds. The van der Waals surface area contributed by atoms with Crippen LogP contribution in [0, 0.1) is 0 Å². The Hall–Kier alpha value is -4.58. The molecule has 0 saturated carbocycles. The number of benzene rings is 4. The van der Waals surface area contributed by atoms with Gasteiger partial charge in [0.2, 0.25) is 6.23 Å². The molecule has 0 radical (unpaired) electrons. The predicted octanol–water partition coefficient (Wildman–Crippen LogP) is 5.31. The Bertz CT molecular complexity index is 1450. The average Bonchev–Trinajstić information content (AvgIpc) is 2.91. The Balaban J connectivity index is 1.65. The third-order valence-electron chi connectivity index (χ3n) is 5.47. The molecule has 1 atom stereocenters. The smallest absolute Gasteiger partial charge is 0.294 e. The molecule has 1 aromatic heterocycles. The van der Waals surface area contributed by atoms with E-state index in [-0.39, 0.29) is 5.56 Å². The lowest BCUT2D eigenvalue weighted by Crippen LogP contribution is -2.34. The van der Waals surface area contributed by atoms with Crippen LogP contribution in [0.5, 0.6) is 5.75 Å². The van der Waals surface area contributed by atoms with E-state index in [2.05, 4.69) is 5.32 Å². The van der Waals surface area contributed by atoms with Crippen LogP contribution in [0.4, 0.5) is 5.69 Å². The van der Waals surface area contributed by atoms with Crippen molar-refractivity contribution >= 4 is 16.6 Å². The molecule has 0 aliphatic heterocycles. The van der Waals surface area contributed by atoms with Crippen LogP contribution >= 0.6 is 0 Å². The molecule has 1 heterocycles. The van der Waals surface area contributed by atoms with E-state index in [0.29, 0.717) is 16.7 Å². The second-order valence-electron chi connectivity index (χ2n) is 7.69. The van der Waals surface area contributed by atoms with E-state index in [1.54, 1.807) is 13.2 Å². The number of nitrogens with zero attached hydrogens (tertiary/aromatic N) is 2. The zero-order chi connectivity index (χ0) is 23.3. The zero-order valence-corrected chi connectivity index (χ0v) is 18.6. The molecule has 0 spiro atoms. The minimum atomic E-state index is -0.670. The van der Waals surface area contributed by atoms with Crippen molar-refractivity contribution in [3.05, 3.63) is 125 Å². The lowest BCUT2D eigenvalue weighted by molar-refractivity contribution is 0.0490. The Morgan fingerprint density at radius 3 is 2.15 bits per heavy atom. The van der Waals surface area contributed by atoms with Gasteiger partial charge in [0.1, 0.15) is 5.75 Å². The molecule has 34 heavy (non-hydrogen) atoms. The topological polar surface area (TPSA) is 65.4 Å². The summed E-state index contributed by atoms with van der Waals surface area (Å²) < 4.78 is 6.58. The Morgan fingerprint density at radius 2 is 1.44 bits per heavy atom. The van der Waals surface area contributed by atoms with Crippen LogP contribution in [0.3, 0.4) is 0 Å². The highest BCUT2D eigenvalue weighted by Gasteiger charge is 2.20. The van der Waals surface area contributed by atoms with Crippen LogP contribution in [0.2, 0.25) is 0 Å². The summed E-state index contributed by atoms with van der Waals surface area (Å²) in [5.41, 5.74) is 2.79. The molecular formula is C28H23N3O3. The summed E-state index contributed by atoms with van der Waals surface area (Å²) in [6.45, 7) is 0. The van der Waals surface area contributed by atoms with E-state index in [4.69, 9.17) is 14.6 Å². The molecule has 1 N–H and O–H groups in total. The minimum absolute atomic E-state index is 0.280. The molecular weight excluding hydrogens is 426 g/mol. The van der Waals surface area contributed by atoms with Gasteiger partial charge < -0.3 is 14.9 Å². The molecule has 168 valence electrons. The van der Waals surface area contributed by atoms with Crippen molar-refractivity contribution in [2.45, 2.75) is 6.23 Å². The number of ether oxygens (including phenoxy) is 1. The average molecular weight is 450 g/mol. The van der Waals surface area contributed by atoms with Crippen molar-refractivity contribution in [3.63, 3.8) is 0 Å². The van der Waals surface area contributed by atoms with Crippen LogP contribution in [-0.4, -0.2) is 16.8 Å². The van der Waals surface area contributed by atoms with E-state index in [1.165, 1.54) is 4.73 Å². The Morgan fingerprint density at radius 1 is 0.794 bits per heavy atom. The fourth-order valence-electron chi connectivity index (χ4n) is 3.72. The first-order valence-electron chi connectivity index (χ1n) is 10.9. The molecule has 0 bridgehead atoms. The fourth-order valence-corrected chi connectivity index (χ4v) is 3.72. The van der Waals surface area contributed by atoms with Crippen LogP contribution in [0.15, 0.2) is 114 Å². The number of rotatable bonds is 7. The zero-order valence-electron chi connectivity index (χ0n) is 18.6. The predicted molar refractivity (Wildman–Crippen MR) is 134 cm³/mol. The first-order chi connectivity index (χ1) is 16.7. The maximum Gasteiger partial charge on any atom is 0.294 e. The van der Waals surface area contributed by atoms with Crippen molar-refractivity contribution in [1.82, 2.24) is 9.71 Å². The van der Waals surface area contributed by atoms with Crippen molar-refractivity contribution < 1.29 is 9.57 Å². The van der Waals surface area contributed by atoms with E-state index in [9.17, 15) is 4.79 Å². The number of aromatic nitrogens is 2. The van der Waals surface area contributed by atoms with E-state index in [1.807, 2.05) is 103 Å². The van der Waals surface area contributed by atoms with Gasteiger partial charge in [-0.1, -0.05) is 60.7 Å². The molecule has 0 fully saturated rings. The third-order valence-corrected chi connectivity index (χ3v) is 5.47. The lowest BCUT2D eigenvalue weighted by Gasteiger charge is -2.24. The molecule has 0 saturated heterocycles. The Kier molecular flexibility index (Phi) is 5.95. The molecule has 6 nitrogen and oxygen atoms in total. The second-order valence-corrected chi connectivity index (χ2v) is 7.69. The summed E-state index contributed by atoms with van der Waals surface area (Å²) in [5, 5.41) is 3.87. The van der Waals surface area contributed by atoms with Gasteiger partial charge >= 0.3 is 0 Å². The first kappa shape index (κ1) is 21.3. The maximum absolute atomic E-state index is 13.6. The van der Waals surface area contributed by atoms with E-state index in [0.717, 1.165) is 22.6 Å². The fraction of sp³-hybridized carbons (Fsp3) is 0.0714. The maximum atomic E-state index is 13.6. The van der Waals surface area contributed by atoms with Crippen LogP contribution in [0.1, 0.15) is 11.8 Å². The summed E-state index contributed by atoms with van der Waals surface area (Å²) in [5.74, 6) is 1.16. The highest BCUT2D eigenvalue weighted by atomic mass is 16.7. The lowest BCUT2D eigenvalue weighted by atomic mass is 10.1. The summed E-state index contributed by atoms with van der Waals surface area (Å²) >= 11 is 0. The van der Waals surface area contributed by atoms with Gasteiger partial charge in [-0.15, -0.1) is 4.73 Å². The first-order valence-corrected chi connectivity index (χ1v) is 10.9. The normalized spacial score (nSPS) is 11.7. The number of hydrogen-bond donors (Lipinski definition) is 1. The van der Waals surface area contributed by atoms with Gasteiger partial charge in [0.25, 0.3) is 5.56 Å². The van der Waals surface area contributed by atoms with Crippen LogP contribution in [0.25, 0.3) is 22.3 Å². The van der Waals surface area contributed by atoms with E-state index < -0.39 is 6.23 Å². The number of nitrogens with one attached hydrogen (secondary N) is 1. The van der Waals surface area contributed by atoms with Crippen molar-refractivity contribution in [1.29, 1.82) is 0 Å². The summed E-state index contributed by atoms with van der Waals surface area (Å²) in [6.07, 6.45) is -0.670. The van der Waals surface area contributed by atoms with Gasteiger partial charge in [0.05, 0.1) is 18.0 Å². The number of fused-ring (bicyclic) bond motifs is 1. The monoisotopic (exact) mass is 449 g/mol. The SMILES string of the molecule is COc1ccc(C(Nc2ccccc2)On2c(-c3ccccc3)nc3ccccc3c2=O)cc1. The van der Waals surface area contributed by atoms with Gasteiger partial charge in [-0.25, -0.2) is 4.98 Å². The van der Waals surface area contributed by atoms with Gasteiger partial charge in [0.15, 0.2) is 5.82 Å². The molecule has 5 aromatic rings. The number of methoxy groups -OCH3 is 1. The van der Waals surface area contributed by atoms with Gasteiger partial charge in [0, 0.05) is 16.8 Å². The van der Waals surface area contributed by atoms with Crippen molar-refractivity contribution in [2.24, 2.45) is 0 Å². The molecule has 6 heteroatoms. The highest BCUT2D eigenvalue weighted by molar-refractivity contribution is 5.79. The van der Waals surface area contributed by atoms with Gasteiger partial charge in [-0.2, -0.15) is 0 Å². The number of anilines is 1. The Labute approximate surface area is 197 Å². The second kappa shape index (κ2) is 9.50. The molecule has 1 unspecified atom stereocenters. The summed E-state index contributed by atoms with van der Waals surface area (Å²) in [4.78, 5) is 24.8. The van der Waals surface area contributed by atoms with Crippen LogP contribution in [-0.2, 0) is 0 Å². The molecule has 4 aromatic carbocycles. The van der Waals surface area contributed by atoms with Crippen molar-refractivity contribution in [3.8, 4) is 17.1 Å². The molecule has 0 aliphatic carbocycles. The standard InChI is InChI=1S/C28H23N3O3/c1-33-23-18-16-21(17-19-23)27(29-22-12-6-3-7-13-22)34-31-26(20-10-4-2-5-11-20)30-25-15-9-8-14-24(25)28(31)32/h2-19,27,29H,1H3. The number of para-hydroxylation sites is 2. The quantitative estimate of drug-likeness (QED) is 0.341.